The second-order valence-electron chi connectivity index (χ2n) is 6.91. The van der Waals surface area contributed by atoms with Crippen LogP contribution in [-0.4, -0.2) is 39.2 Å². The standard InChI is InChI=1S/C20H20N4O4/c1-28-16-7-6-11(10-21-16)17(12-8-13(25)9-12)23-19(26)18-14-4-2-3-5-15(14)22-20(27)24-18/h2-7,10,12-13,17,25H,8-9H2,1H3,(H,23,26)(H,22,24,27)/t12?,13?,17-/m1/s1. The van der Waals surface area contributed by atoms with Crippen LogP contribution in [0.4, 0.5) is 0 Å². The molecule has 1 saturated carbocycles. The lowest BCUT2D eigenvalue weighted by Crippen LogP contribution is -2.42. The summed E-state index contributed by atoms with van der Waals surface area (Å²) in [5, 5.41) is 13.3. The number of carbonyl (C=O) groups is 1. The Morgan fingerprint density at radius 1 is 1.29 bits per heavy atom. The molecule has 8 nitrogen and oxygen atoms in total. The minimum Gasteiger partial charge on any atom is -0.481 e. The molecule has 1 amide bonds. The van der Waals surface area contributed by atoms with Gasteiger partial charge < -0.3 is 20.1 Å². The largest absolute Gasteiger partial charge is 0.481 e. The van der Waals surface area contributed by atoms with E-state index in [1.807, 2.05) is 6.07 Å². The number of H-pyrrole nitrogens is 1. The molecule has 1 aliphatic rings. The fraction of sp³-hybridized carbons (Fsp3) is 0.300. The number of benzene rings is 1. The summed E-state index contributed by atoms with van der Waals surface area (Å²) in [4.78, 5) is 35.6. The van der Waals surface area contributed by atoms with Crippen molar-refractivity contribution in [1.82, 2.24) is 20.3 Å². The predicted molar refractivity (Wildman–Crippen MR) is 102 cm³/mol. The highest BCUT2D eigenvalue weighted by molar-refractivity contribution is 6.04. The third kappa shape index (κ3) is 3.46. The van der Waals surface area contributed by atoms with E-state index in [-0.39, 0.29) is 23.8 Å². The first kappa shape index (κ1) is 18.1. The number of hydrogen-bond acceptors (Lipinski definition) is 6. The number of aromatic amines is 1. The Hall–Kier alpha value is -3.26. The summed E-state index contributed by atoms with van der Waals surface area (Å²) in [6.45, 7) is 0. The second-order valence-corrected chi connectivity index (χ2v) is 6.91. The van der Waals surface area contributed by atoms with Gasteiger partial charge in [0, 0.05) is 17.6 Å². The summed E-state index contributed by atoms with van der Waals surface area (Å²) in [7, 11) is 1.53. The van der Waals surface area contributed by atoms with Crippen LogP contribution in [0.15, 0.2) is 47.4 Å². The van der Waals surface area contributed by atoms with Gasteiger partial charge in [-0.1, -0.05) is 24.3 Å². The van der Waals surface area contributed by atoms with Crippen molar-refractivity contribution in [3.63, 3.8) is 0 Å². The number of rotatable bonds is 5. The number of aromatic nitrogens is 3. The van der Waals surface area contributed by atoms with Crippen LogP contribution in [0.25, 0.3) is 10.9 Å². The average molecular weight is 380 g/mol. The van der Waals surface area contributed by atoms with Crippen molar-refractivity contribution >= 4 is 16.8 Å². The number of amides is 1. The van der Waals surface area contributed by atoms with Gasteiger partial charge >= 0.3 is 5.69 Å². The Morgan fingerprint density at radius 2 is 2.07 bits per heavy atom. The highest BCUT2D eigenvalue weighted by atomic mass is 16.5. The number of para-hydroxylation sites is 1. The molecule has 144 valence electrons. The summed E-state index contributed by atoms with van der Waals surface area (Å²) in [6, 6.07) is 10.2. The molecule has 0 bridgehead atoms. The third-order valence-corrected chi connectivity index (χ3v) is 5.09. The maximum Gasteiger partial charge on any atom is 0.346 e. The summed E-state index contributed by atoms with van der Waals surface area (Å²) >= 11 is 0. The van der Waals surface area contributed by atoms with E-state index >= 15 is 0 Å². The van der Waals surface area contributed by atoms with Gasteiger partial charge in [-0.15, -0.1) is 0 Å². The van der Waals surface area contributed by atoms with Gasteiger partial charge in [-0.05, 0) is 30.4 Å². The van der Waals surface area contributed by atoms with Crippen LogP contribution in [0.1, 0.15) is 34.9 Å². The Balaban J connectivity index is 1.67. The lowest BCUT2D eigenvalue weighted by atomic mass is 9.75. The lowest BCUT2D eigenvalue weighted by Gasteiger charge is -2.38. The van der Waals surface area contributed by atoms with Crippen LogP contribution in [0.2, 0.25) is 0 Å². The van der Waals surface area contributed by atoms with E-state index in [0.717, 1.165) is 5.56 Å². The molecule has 1 atom stereocenters. The fourth-order valence-corrected chi connectivity index (χ4v) is 3.56. The summed E-state index contributed by atoms with van der Waals surface area (Å²) in [5.41, 5.74) is 0.853. The number of carbonyl (C=O) groups excluding carboxylic acids is 1. The van der Waals surface area contributed by atoms with Gasteiger partial charge in [0.05, 0.1) is 24.8 Å². The zero-order valence-electron chi connectivity index (χ0n) is 15.3. The molecule has 0 aliphatic heterocycles. The number of aliphatic hydroxyl groups is 1. The molecule has 0 spiro atoms. The molecule has 0 radical (unpaired) electrons. The monoisotopic (exact) mass is 380 g/mol. The van der Waals surface area contributed by atoms with Crippen molar-refractivity contribution in [2.75, 3.05) is 7.11 Å². The smallest absolute Gasteiger partial charge is 0.346 e. The molecule has 28 heavy (non-hydrogen) atoms. The minimum atomic E-state index is -0.578. The number of fused-ring (bicyclic) bond motifs is 1. The van der Waals surface area contributed by atoms with Crippen LogP contribution in [0.5, 0.6) is 5.88 Å². The van der Waals surface area contributed by atoms with Crippen LogP contribution in [0, 0.1) is 5.92 Å². The van der Waals surface area contributed by atoms with Crippen molar-refractivity contribution in [2.45, 2.75) is 25.0 Å². The van der Waals surface area contributed by atoms with E-state index in [1.54, 1.807) is 36.5 Å². The quantitative estimate of drug-likeness (QED) is 0.618. The van der Waals surface area contributed by atoms with Gasteiger partial charge in [0.2, 0.25) is 5.88 Å². The SMILES string of the molecule is COc1ccc([C@@H](NC(=O)c2nc(=O)[nH]c3ccccc23)C2CC(O)C2)cn1. The molecule has 8 heteroatoms. The van der Waals surface area contributed by atoms with Gasteiger partial charge in [-0.25, -0.2) is 9.78 Å². The molecule has 4 rings (SSSR count). The Bertz CT molecular complexity index is 1060. The maximum absolute atomic E-state index is 13.0. The van der Waals surface area contributed by atoms with Crippen molar-refractivity contribution in [3.05, 3.63) is 64.3 Å². The average Bonchev–Trinajstić information content (AvgIpc) is 2.69. The van der Waals surface area contributed by atoms with Crippen molar-refractivity contribution in [3.8, 4) is 5.88 Å². The number of ether oxygens (including phenoxy) is 1. The molecule has 1 aromatic carbocycles. The van der Waals surface area contributed by atoms with E-state index in [0.29, 0.717) is 29.6 Å². The van der Waals surface area contributed by atoms with Crippen LogP contribution >= 0.6 is 0 Å². The fourth-order valence-electron chi connectivity index (χ4n) is 3.56. The van der Waals surface area contributed by atoms with Crippen molar-refractivity contribution < 1.29 is 14.6 Å². The molecule has 1 fully saturated rings. The summed E-state index contributed by atoms with van der Waals surface area (Å²) in [6.07, 6.45) is 2.45. The first-order valence-electron chi connectivity index (χ1n) is 9.03. The van der Waals surface area contributed by atoms with Gasteiger partial charge in [-0.2, -0.15) is 4.98 Å². The minimum absolute atomic E-state index is 0.0717. The zero-order chi connectivity index (χ0) is 19.7. The van der Waals surface area contributed by atoms with Gasteiger partial charge in [0.1, 0.15) is 5.69 Å². The molecule has 0 unspecified atom stereocenters. The Labute approximate surface area is 160 Å². The van der Waals surface area contributed by atoms with E-state index in [1.165, 1.54) is 7.11 Å². The molecule has 2 aromatic heterocycles. The van der Waals surface area contributed by atoms with E-state index in [2.05, 4.69) is 20.3 Å². The van der Waals surface area contributed by atoms with E-state index in [4.69, 9.17) is 4.74 Å². The lowest BCUT2D eigenvalue weighted by molar-refractivity contribution is 0.0234. The van der Waals surface area contributed by atoms with E-state index < -0.39 is 11.6 Å². The maximum atomic E-state index is 13.0. The van der Waals surface area contributed by atoms with Crippen LogP contribution in [0.3, 0.4) is 0 Å². The van der Waals surface area contributed by atoms with Crippen LogP contribution < -0.4 is 15.7 Å². The number of hydrogen-bond donors (Lipinski definition) is 3. The molecule has 3 N–H and O–H groups in total. The van der Waals surface area contributed by atoms with Gasteiger partial charge in [0.15, 0.2) is 0 Å². The molecular weight excluding hydrogens is 360 g/mol. The number of nitrogens with one attached hydrogen (secondary N) is 2. The molecule has 0 saturated heterocycles. The van der Waals surface area contributed by atoms with Crippen molar-refractivity contribution in [1.29, 1.82) is 0 Å². The van der Waals surface area contributed by atoms with Gasteiger partial charge in [-0.3, -0.25) is 4.79 Å². The Kier molecular flexibility index (Phi) is 4.79. The summed E-state index contributed by atoms with van der Waals surface area (Å²) in [5.74, 6) is 0.108. The first-order valence-corrected chi connectivity index (χ1v) is 9.03. The molecular formula is C20H20N4O4. The number of aliphatic hydroxyl groups excluding tert-OH is 1. The second kappa shape index (κ2) is 7.40. The number of nitrogens with zero attached hydrogens (tertiary/aromatic N) is 2. The summed E-state index contributed by atoms with van der Waals surface area (Å²) < 4.78 is 5.09. The van der Waals surface area contributed by atoms with Gasteiger partial charge in [0.25, 0.3) is 5.91 Å². The Morgan fingerprint density at radius 3 is 2.75 bits per heavy atom. The third-order valence-electron chi connectivity index (χ3n) is 5.09. The number of methoxy groups -OCH3 is 1. The first-order chi connectivity index (χ1) is 13.5. The molecule has 1 aliphatic carbocycles. The predicted octanol–water partition coefficient (Wildman–Crippen LogP) is 1.57. The molecule has 3 aromatic rings. The van der Waals surface area contributed by atoms with Crippen LogP contribution in [-0.2, 0) is 0 Å². The normalized spacial score (nSPS) is 19.6. The zero-order valence-corrected chi connectivity index (χ0v) is 15.3. The van der Waals surface area contributed by atoms with E-state index in [9.17, 15) is 14.7 Å². The highest BCUT2D eigenvalue weighted by Gasteiger charge is 2.36. The number of pyridine rings is 1. The highest BCUT2D eigenvalue weighted by Crippen LogP contribution is 2.38. The topological polar surface area (TPSA) is 117 Å². The van der Waals surface area contributed by atoms with Crippen molar-refractivity contribution in [2.24, 2.45) is 5.92 Å². The molecule has 2 heterocycles.